The molecule has 0 fully saturated rings. The number of benzene rings is 2. The molecule has 1 aliphatic heterocycles. The SMILES string of the molecule is Cc1cc(N2CCCc3ccccc32)nc(Nc2cccc3cccnc23)n1. The summed E-state index contributed by atoms with van der Waals surface area (Å²) in [5.74, 6) is 1.52. The molecule has 28 heavy (non-hydrogen) atoms. The molecule has 0 aliphatic carbocycles. The normalized spacial score (nSPS) is 13.4. The zero-order valence-electron chi connectivity index (χ0n) is 15.8. The molecule has 0 amide bonds. The highest BCUT2D eigenvalue weighted by atomic mass is 15.2. The van der Waals surface area contributed by atoms with E-state index in [-0.39, 0.29) is 0 Å². The molecule has 5 nitrogen and oxygen atoms in total. The van der Waals surface area contributed by atoms with Crippen LogP contribution in [-0.4, -0.2) is 21.5 Å². The third kappa shape index (κ3) is 3.05. The van der Waals surface area contributed by atoms with Gasteiger partial charge in [-0.05, 0) is 43.5 Å². The molecule has 5 heteroatoms. The molecule has 0 saturated carbocycles. The van der Waals surface area contributed by atoms with Gasteiger partial charge < -0.3 is 10.2 Å². The van der Waals surface area contributed by atoms with Crippen LogP contribution >= 0.6 is 0 Å². The number of aryl methyl sites for hydroxylation is 2. The van der Waals surface area contributed by atoms with Gasteiger partial charge in [0, 0.05) is 35.6 Å². The number of rotatable bonds is 3. The molecule has 0 bridgehead atoms. The van der Waals surface area contributed by atoms with Gasteiger partial charge in [0.25, 0.3) is 0 Å². The molecule has 1 N–H and O–H groups in total. The zero-order valence-corrected chi connectivity index (χ0v) is 15.8. The molecule has 1 aliphatic rings. The Kier molecular flexibility index (Phi) is 4.13. The van der Waals surface area contributed by atoms with Gasteiger partial charge in [-0.25, -0.2) is 4.98 Å². The largest absolute Gasteiger partial charge is 0.326 e. The van der Waals surface area contributed by atoms with Crippen LogP contribution in [0.3, 0.4) is 0 Å². The van der Waals surface area contributed by atoms with Gasteiger partial charge in [0.2, 0.25) is 5.95 Å². The van der Waals surface area contributed by atoms with Crippen molar-refractivity contribution in [2.45, 2.75) is 19.8 Å². The molecule has 138 valence electrons. The fraction of sp³-hybridized carbons (Fsp3) is 0.174. The highest BCUT2D eigenvalue weighted by Gasteiger charge is 2.20. The van der Waals surface area contributed by atoms with Gasteiger partial charge >= 0.3 is 0 Å². The Morgan fingerprint density at radius 1 is 0.964 bits per heavy atom. The number of fused-ring (bicyclic) bond motifs is 2. The van der Waals surface area contributed by atoms with E-state index in [4.69, 9.17) is 4.98 Å². The molecule has 0 spiro atoms. The summed E-state index contributed by atoms with van der Waals surface area (Å²) in [6, 6.07) is 20.7. The number of nitrogens with one attached hydrogen (secondary N) is 1. The second-order valence-electron chi connectivity index (χ2n) is 7.08. The van der Waals surface area contributed by atoms with Crippen LogP contribution in [0.15, 0.2) is 66.9 Å². The third-order valence-electron chi connectivity index (χ3n) is 5.11. The minimum atomic E-state index is 0.594. The van der Waals surface area contributed by atoms with E-state index in [0.29, 0.717) is 5.95 Å². The van der Waals surface area contributed by atoms with E-state index in [1.165, 1.54) is 11.3 Å². The predicted octanol–water partition coefficient (Wildman–Crippen LogP) is 5.16. The van der Waals surface area contributed by atoms with Crippen molar-refractivity contribution in [3.8, 4) is 0 Å². The van der Waals surface area contributed by atoms with Crippen molar-refractivity contribution in [1.29, 1.82) is 0 Å². The van der Waals surface area contributed by atoms with E-state index in [0.717, 1.165) is 47.5 Å². The molecule has 0 atom stereocenters. The standard InChI is InChI=1S/C23H21N5/c1-16-15-21(28-14-6-10-17-7-2-3-12-20(17)28)27-23(25-16)26-19-11-4-8-18-9-5-13-24-22(18)19/h2-5,7-9,11-13,15H,6,10,14H2,1H3,(H,25,26,27). The average molecular weight is 367 g/mol. The maximum atomic E-state index is 4.83. The van der Waals surface area contributed by atoms with Crippen LogP contribution < -0.4 is 10.2 Å². The lowest BCUT2D eigenvalue weighted by Crippen LogP contribution is -2.25. The second kappa shape index (κ2) is 6.93. The molecule has 2 aromatic heterocycles. The first-order chi connectivity index (χ1) is 13.8. The highest BCUT2D eigenvalue weighted by molar-refractivity contribution is 5.91. The lowest BCUT2D eigenvalue weighted by atomic mass is 10.0. The van der Waals surface area contributed by atoms with Gasteiger partial charge in [-0.1, -0.05) is 36.4 Å². The first kappa shape index (κ1) is 16.7. The average Bonchev–Trinajstić information content (AvgIpc) is 2.73. The third-order valence-corrected chi connectivity index (χ3v) is 5.11. The van der Waals surface area contributed by atoms with Crippen molar-refractivity contribution in [3.05, 3.63) is 78.1 Å². The highest BCUT2D eigenvalue weighted by Crippen LogP contribution is 2.33. The van der Waals surface area contributed by atoms with Crippen LogP contribution in [0.1, 0.15) is 17.7 Å². The molecule has 4 aromatic rings. The Morgan fingerprint density at radius 3 is 2.82 bits per heavy atom. The number of nitrogens with zero attached hydrogens (tertiary/aromatic N) is 4. The van der Waals surface area contributed by atoms with E-state index < -0.39 is 0 Å². The number of para-hydroxylation sites is 2. The van der Waals surface area contributed by atoms with Crippen LogP contribution in [0.4, 0.5) is 23.1 Å². The molecular formula is C23H21N5. The van der Waals surface area contributed by atoms with Gasteiger partial charge in [-0.3, -0.25) is 4.98 Å². The number of aromatic nitrogens is 3. The fourth-order valence-electron chi connectivity index (χ4n) is 3.84. The van der Waals surface area contributed by atoms with Crippen molar-refractivity contribution in [3.63, 3.8) is 0 Å². The second-order valence-corrected chi connectivity index (χ2v) is 7.08. The summed E-state index contributed by atoms with van der Waals surface area (Å²) in [7, 11) is 0. The van der Waals surface area contributed by atoms with Crippen LogP contribution in [0.2, 0.25) is 0 Å². The minimum Gasteiger partial charge on any atom is -0.326 e. The quantitative estimate of drug-likeness (QED) is 0.542. The molecule has 0 unspecified atom stereocenters. The molecule has 5 rings (SSSR count). The molecule has 0 radical (unpaired) electrons. The van der Waals surface area contributed by atoms with E-state index in [1.54, 1.807) is 6.20 Å². The number of pyridine rings is 1. The van der Waals surface area contributed by atoms with Crippen LogP contribution in [0.25, 0.3) is 10.9 Å². The van der Waals surface area contributed by atoms with Gasteiger partial charge in [0.1, 0.15) is 5.82 Å². The maximum Gasteiger partial charge on any atom is 0.229 e. The topological polar surface area (TPSA) is 53.9 Å². The first-order valence-electron chi connectivity index (χ1n) is 9.60. The predicted molar refractivity (Wildman–Crippen MR) is 114 cm³/mol. The molecule has 3 heterocycles. The van der Waals surface area contributed by atoms with E-state index in [2.05, 4.69) is 62.6 Å². The summed E-state index contributed by atoms with van der Waals surface area (Å²) in [6.45, 7) is 2.97. The Morgan fingerprint density at radius 2 is 1.86 bits per heavy atom. The van der Waals surface area contributed by atoms with Gasteiger partial charge in [0.05, 0.1) is 11.2 Å². The minimum absolute atomic E-state index is 0.594. The van der Waals surface area contributed by atoms with Crippen LogP contribution in [-0.2, 0) is 6.42 Å². The van der Waals surface area contributed by atoms with Crippen molar-refractivity contribution < 1.29 is 0 Å². The monoisotopic (exact) mass is 367 g/mol. The van der Waals surface area contributed by atoms with Crippen molar-refractivity contribution in [2.75, 3.05) is 16.8 Å². The van der Waals surface area contributed by atoms with Crippen molar-refractivity contribution in [1.82, 2.24) is 15.0 Å². The zero-order chi connectivity index (χ0) is 18.9. The van der Waals surface area contributed by atoms with E-state index in [1.807, 2.05) is 25.1 Å². The summed E-state index contributed by atoms with van der Waals surface area (Å²) in [5.41, 5.74) is 5.37. The Labute approximate surface area is 164 Å². The Bertz CT molecular complexity index is 1150. The molecule has 0 saturated heterocycles. The van der Waals surface area contributed by atoms with Gasteiger partial charge in [-0.15, -0.1) is 0 Å². The number of anilines is 4. The summed E-state index contributed by atoms with van der Waals surface area (Å²) < 4.78 is 0. The summed E-state index contributed by atoms with van der Waals surface area (Å²) in [6.07, 6.45) is 4.04. The summed E-state index contributed by atoms with van der Waals surface area (Å²) >= 11 is 0. The van der Waals surface area contributed by atoms with E-state index in [9.17, 15) is 0 Å². The van der Waals surface area contributed by atoms with Crippen molar-refractivity contribution >= 4 is 34.0 Å². The first-order valence-corrected chi connectivity index (χ1v) is 9.60. The Balaban J connectivity index is 1.54. The summed E-state index contributed by atoms with van der Waals surface area (Å²) in [4.78, 5) is 16.2. The lowest BCUT2D eigenvalue weighted by molar-refractivity contribution is 0.758. The van der Waals surface area contributed by atoms with Crippen LogP contribution in [0, 0.1) is 6.92 Å². The van der Waals surface area contributed by atoms with Crippen LogP contribution in [0.5, 0.6) is 0 Å². The van der Waals surface area contributed by atoms with Gasteiger partial charge in [-0.2, -0.15) is 4.98 Å². The lowest BCUT2D eigenvalue weighted by Gasteiger charge is -2.30. The molecular weight excluding hydrogens is 346 g/mol. The summed E-state index contributed by atoms with van der Waals surface area (Å²) in [5, 5.41) is 4.47. The molecule has 2 aromatic carbocycles. The maximum absolute atomic E-state index is 4.83. The number of hydrogen-bond donors (Lipinski definition) is 1. The fourth-order valence-corrected chi connectivity index (χ4v) is 3.84. The number of hydrogen-bond acceptors (Lipinski definition) is 5. The van der Waals surface area contributed by atoms with Gasteiger partial charge in [0.15, 0.2) is 0 Å². The van der Waals surface area contributed by atoms with Crippen molar-refractivity contribution in [2.24, 2.45) is 0 Å². The smallest absolute Gasteiger partial charge is 0.229 e. The van der Waals surface area contributed by atoms with E-state index >= 15 is 0 Å². The Hall–Kier alpha value is -3.47.